The fourth-order valence-electron chi connectivity index (χ4n) is 2.04. The van der Waals surface area contributed by atoms with Crippen molar-refractivity contribution < 1.29 is 4.79 Å². The fourth-order valence-corrected chi connectivity index (χ4v) is 2.04. The number of benzene rings is 1. The number of carbonyl (C=O) groups is 1. The topological polar surface area (TPSA) is 46.3 Å². The Morgan fingerprint density at radius 1 is 1.43 bits per heavy atom. The second-order valence-electron chi connectivity index (χ2n) is 4.33. The molecule has 0 saturated carbocycles. The Labute approximate surface area is 83.5 Å². The number of nitrogens with two attached hydrogens (primary N) is 1. The molecule has 0 spiro atoms. The molecule has 14 heavy (non-hydrogen) atoms. The van der Waals surface area contributed by atoms with Crippen LogP contribution in [0.3, 0.4) is 0 Å². The average molecular weight is 190 g/mol. The Bertz CT molecular complexity index is 385. The molecule has 74 valence electrons. The summed E-state index contributed by atoms with van der Waals surface area (Å²) in [6, 6.07) is 7.54. The van der Waals surface area contributed by atoms with Crippen LogP contribution < -0.4 is 10.6 Å². The van der Waals surface area contributed by atoms with Crippen LogP contribution in [-0.4, -0.2) is 12.6 Å². The van der Waals surface area contributed by atoms with Gasteiger partial charge in [0, 0.05) is 17.6 Å². The highest BCUT2D eigenvalue weighted by atomic mass is 16.2. The number of fused-ring (bicyclic) bond motifs is 1. The van der Waals surface area contributed by atoms with E-state index in [1.54, 1.807) is 4.90 Å². The number of hydrogen-bond acceptors (Lipinski definition) is 1. The average Bonchev–Trinajstić information content (AvgIpc) is 2.40. The van der Waals surface area contributed by atoms with Crippen LogP contribution in [0.4, 0.5) is 10.5 Å². The van der Waals surface area contributed by atoms with Crippen molar-refractivity contribution in [2.75, 3.05) is 11.4 Å². The van der Waals surface area contributed by atoms with Gasteiger partial charge in [0.1, 0.15) is 0 Å². The molecule has 3 nitrogen and oxygen atoms in total. The van der Waals surface area contributed by atoms with Crippen LogP contribution in [0.2, 0.25) is 0 Å². The van der Waals surface area contributed by atoms with Gasteiger partial charge >= 0.3 is 6.03 Å². The van der Waals surface area contributed by atoms with E-state index in [9.17, 15) is 4.79 Å². The van der Waals surface area contributed by atoms with Crippen LogP contribution in [0, 0.1) is 0 Å². The highest BCUT2D eigenvalue weighted by molar-refractivity contribution is 5.93. The van der Waals surface area contributed by atoms with E-state index in [2.05, 4.69) is 19.9 Å². The first kappa shape index (κ1) is 9.06. The quantitative estimate of drug-likeness (QED) is 0.667. The summed E-state index contributed by atoms with van der Waals surface area (Å²) >= 11 is 0. The standard InChI is InChI=1S/C11H14N2O/c1-11(2)7-13(10(12)14)9-6-4-3-5-8(9)11/h3-6H,7H2,1-2H3,(H2,12,14). The summed E-state index contributed by atoms with van der Waals surface area (Å²) in [4.78, 5) is 12.8. The van der Waals surface area contributed by atoms with Crippen LogP contribution in [-0.2, 0) is 5.41 Å². The van der Waals surface area contributed by atoms with Crippen molar-refractivity contribution in [2.45, 2.75) is 19.3 Å². The first-order chi connectivity index (χ1) is 6.52. The molecule has 2 amide bonds. The molecule has 1 aromatic carbocycles. The third-order valence-corrected chi connectivity index (χ3v) is 2.74. The molecule has 0 fully saturated rings. The summed E-state index contributed by atoms with van der Waals surface area (Å²) < 4.78 is 0. The summed E-state index contributed by atoms with van der Waals surface area (Å²) in [6.07, 6.45) is 0. The molecule has 0 saturated heterocycles. The molecular weight excluding hydrogens is 176 g/mol. The predicted molar refractivity (Wildman–Crippen MR) is 56.4 cm³/mol. The van der Waals surface area contributed by atoms with Crippen molar-refractivity contribution in [1.82, 2.24) is 0 Å². The molecule has 0 atom stereocenters. The molecule has 1 aromatic rings. The lowest BCUT2D eigenvalue weighted by atomic mass is 9.87. The first-order valence-electron chi connectivity index (χ1n) is 4.69. The number of anilines is 1. The van der Waals surface area contributed by atoms with Crippen molar-refractivity contribution in [3.05, 3.63) is 29.8 Å². The van der Waals surface area contributed by atoms with E-state index in [1.165, 1.54) is 5.56 Å². The maximum absolute atomic E-state index is 11.2. The molecule has 2 rings (SSSR count). The van der Waals surface area contributed by atoms with E-state index in [1.807, 2.05) is 18.2 Å². The summed E-state index contributed by atoms with van der Waals surface area (Å²) in [5.41, 5.74) is 7.47. The lowest BCUT2D eigenvalue weighted by molar-refractivity contribution is 0.253. The number of amides is 2. The maximum Gasteiger partial charge on any atom is 0.319 e. The van der Waals surface area contributed by atoms with Gasteiger partial charge in [-0.15, -0.1) is 0 Å². The normalized spacial score (nSPS) is 18.0. The third kappa shape index (κ3) is 1.16. The SMILES string of the molecule is CC1(C)CN(C(N)=O)c2ccccc21. The minimum atomic E-state index is -0.372. The van der Waals surface area contributed by atoms with Crippen molar-refractivity contribution in [3.8, 4) is 0 Å². The Morgan fingerprint density at radius 3 is 2.71 bits per heavy atom. The Hall–Kier alpha value is -1.51. The van der Waals surface area contributed by atoms with Gasteiger partial charge < -0.3 is 5.73 Å². The number of para-hydroxylation sites is 1. The van der Waals surface area contributed by atoms with Crippen LogP contribution in [0.5, 0.6) is 0 Å². The van der Waals surface area contributed by atoms with Gasteiger partial charge in [0.2, 0.25) is 0 Å². The van der Waals surface area contributed by atoms with Gasteiger partial charge in [0.25, 0.3) is 0 Å². The van der Waals surface area contributed by atoms with E-state index < -0.39 is 0 Å². The molecule has 0 bridgehead atoms. The van der Waals surface area contributed by atoms with Crippen LogP contribution >= 0.6 is 0 Å². The lowest BCUT2D eigenvalue weighted by Gasteiger charge is -2.18. The van der Waals surface area contributed by atoms with Gasteiger partial charge in [-0.3, -0.25) is 4.90 Å². The number of urea groups is 1. The van der Waals surface area contributed by atoms with E-state index in [-0.39, 0.29) is 11.4 Å². The van der Waals surface area contributed by atoms with Crippen molar-refractivity contribution in [3.63, 3.8) is 0 Å². The van der Waals surface area contributed by atoms with Gasteiger partial charge in [0.15, 0.2) is 0 Å². The number of nitrogens with zero attached hydrogens (tertiary/aromatic N) is 1. The third-order valence-electron chi connectivity index (χ3n) is 2.74. The zero-order valence-corrected chi connectivity index (χ0v) is 8.45. The van der Waals surface area contributed by atoms with Gasteiger partial charge in [-0.2, -0.15) is 0 Å². The molecule has 1 aliphatic rings. The summed E-state index contributed by atoms with van der Waals surface area (Å²) in [7, 11) is 0. The van der Waals surface area contributed by atoms with Gasteiger partial charge in [-0.05, 0) is 11.6 Å². The molecule has 2 N–H and O–H groups in total. The van der Waals surface area contributed by atoms with E-state index >= 15 is 0 Å². The van der Waals surface area contributed by atoms with E-state index in [4.69, 9.17) is 5.73 Å². The minimum absolute atomic E-state index is 0.00558. The molecule has 0 aromatic heterocycles. The minimum Gasteiger partial charge on any atom is -0.351 e. The Kier molecular flexibility index (Phi) is 1.77. The lowest BCUT2D eigenvalue weighted by Crippen LogP contribution is -2.37. The number of hydrogen-bond donors (Lipinski definition) is 1. The summed E-state index contributed by atoms with van der Waals surface area (Å²) in [5.74, 6) is 0. The highest BCUT2D eigenvalue weighted by Crippen LogP contribution is 2.39. The first-order valence-corrected chi connectivity index (χ1v) is 4.69. The van der Waals surface area contributed by atoms with Crippen LogP contribution in [0.15, 0.2) is 24.3 Å². The summed E-state index contributed by atoms with van der Waals surface area (Å²) in [6.45, 7) is 4.91. The smallest absolute Gasteiger partial charge is 0.319 e. The molecule has 3 heteroatoms. The molecule has 0 aliphatic carbocycles. The molecule has 1 aliphatic heterocycles. The number of carbonyl (C=O) groups excluding carboxylic acids is 1. The Morgan fingerprint density at radius 2 is 2.07 bits per heavy atom. The number of primary amides is 1. The largest absolute Gasteiger partial charge is 0.351 e. The number of rotatable bonds is 0. The van der Waals surface area contributed by atoms with E-state index in [0.29, 0.717) is 6.54 Å². The zero-order valence-electron chi connectivity index (χ0n) is 8.45. The van der Waals surface area contributed by atoms with Gasteiger partial charge in [-0.1, -0.05) is 32.0 Å². The molecule has 0 radical (unpaired) electrons. The van der Waals surface area contributed by atoms with Crippen molar-refractivity contribution in [1.29, 1.82) is 0 Å². The molecule has 1 heterocycles. The zero-order chi connectivity index (χ0) is 10.3. The monoisotopic (exact) mass is 190 g/mol. The van der Waals surface area contributed by atoms with Crippen LogP contribution in [0.25, 0.3) is 0 Å². The van der Waals surface area contributed by atoms with E-state index in [0.717, 1.165) is 5.69 Å². The predicted octanol–water partition coefficient (Wildman–Crippen LogP) is 1.86. The highest BCUT2D eigenvalue weighted by Gasteiger charge is 2.36. The van der Waals surface area contributed by atoms with Crippen molar-refractivity contribution in [2.24, 2.45) is 5.73 Å². The second kappa shape index (κ2) is 2.74. The molecule has 0 unspecified atom stereocenters. The van der Waals surface area contributed by atoms with Crippen LogP contribution in [0.1, 0.15) is 19.4 Å². The summed E-state index contributed by atoms with van der Waals surface area (Å²) in [5, 5.41) is 0. The van der Waals surface area contributed by atoms with Gasteiger partial charge in [0.05, 0.1) is 0 Å². The van der Waals surface area contributed by atoms with Gasteiger partial charge in [-0.25, -0.2) is 4.79 Å². The molecular formula is C11H14N2O. The second-order valence-corrected chi connectivity index (χ2v) is 4.33. The fraction of sp³-hybridized carbons (Fsp3) is 0.364. The Balaban J connectivity index is 2.55. The van der Waals surface area contributed by atoms with Crippen molar-refractivity contribution >= 4 is 11.7 Å². The maximum atomic E-state index is 11.2.